The van der Waals surface area contributed by atoms with Crippen LogP contribution in [0.1, 0.15) is 18.9 Å². The van der Waals surface area contributed by atoms with E-state index < -0.39 is 0 Å². The van der Waals surface area contributed by atoms with Gasteiger partial charge in [-0.25, -0.2) is 0 Å². The minimum absolute atomic E-state index is 0.197. The van der Waals surface area contributed by atoms with Crippen LogP contribution in [0, 0.1) is 5.41 Å². The van der Waals surface area contributed by atoms with Crippen LogP contribution >= 0.6 is 0 Å². The van der Waals surface area contributed by atoms with Crippen molar-refractivity contribution in [3.63, 3.8) is 0 Å². The molecule has 1 aliphatic heterocycles. The molecule has 4 heteroatoms. The zero-order chi connectivity index (χ0) is 15.6. The Balaban J connectivity index is 1.74. The van der Waals surface area contributed by atoms with Crippen LogP contribution in [0.2, 0.25) is 0 Å². The molecule has 1 unspecified atom stereocenters. The summed E-state index contributed by atoms with van der Waals surface area (Å²) >= 11 is 0. The van der Waals surface area contributed by atoms with E-state index in [9.17, 15) is 0 Å². The van der Waals surface area contributed by atoms with E-state index in [-0.39, 0.29) is 5.41 Å². The number of fused-ring (bicyclic) bond motifs is 1. The minimum Gasteiger partial charge on any atom is -0.399 e. The fraction of sp³-hybridized carbons (Fsp3) is 0.333. The number of nitrogen functional groups attached to an aromatic ring is 2. The summed E-state index contributed by atoms with van der Waals surface area (Å²) in [6.45, 7) is 4.15. The summed E-state index contributed by atoms with van der Waals surface area (Å²) < 4.78 is 0. The summed E-state index contributed by atoms with van der Waals surface area (Å²) in [5.41, 5.74) is 17.1. The fourth-order valence-corrected chi connectivity index (χ4v) is 3.07. The van der Waals surface area contributed by atoms with E-state index in [1.165, 1.54) is 11.3 Å². The highest BCUT2D eigenvalue weighted by atomic mass is 15.0. The molecule has 0 aromatic heterocycles. The maximum Gasteiger partial charge on any atom is 0.0374 e. The Labute approximate surface area is 131 Å². The lowest BCUT2D eigenvalue weighted by molar-refractivity contribution is 0.306. The molecule has 116 valence electrons. The Hall–Kier alpha value is -2.36. The van der Waals surface area contributed by atoms with Gasteiger partial charge in [0, 0.05) is 41.3 Å². The zero-order valence-corrected chi connectivity index (χ0v) is 13.0. The van der Waals surface area contributed by atoms with Crippen molar-refractivity contribution in [3.05, 3.63) is 48.0 Å². The van der Waals surface area contributed by atoms with Gasteiger partial charge in [-0.3, -0.25) is 0 Å². The highest BCUT2D eigenvalue weighted by Crippen LogP contribution is 2.36. The molecule has 0 bridgehead atoms. The van der Waals surface area contributed by atoms with Crippen molar-refractivity contribution < 1.29 is 0 Å². The van der Waals surface area contributed by atoms with E-state index in [1.54, 1.807) is 0 Å². The van der Waals surface area contributed by atoms with E-state index in [2.05, 4.69) is 29.7 Å². The number of hydrogen-bond donors (Lipinski definition) is 4. The first-order valence-electron chi connectivity index (χ1n) is 7.82. The lowest BCUT2D eigenvalue weighted by Gasteiger charge is -2.39. The Bertz CT molecular complexity index is 651. The number of hydrogen-bond acceptors (Lipinski definition) is 4. The molecule has 22 heavy (non-hydrogen) atoms. The topological polar surface area (TPSA) is 76.1 Å². The first-order valence-corrected chi connectivity index (χ1v) is 7.82. The second-order valence-corrected chi connectivity index (χ2v) is 6.28. The van der Waals surface area contributed by atoms with E-state index >= 15 is 0 Å². The summed E-state index contributed by atoms with van der Waals surface area (Å²) in [7, 11) is 0. The van der Waals surface area contributed by atoms with Gasteiger partial charge in [0.2, 0.25) is 0 Å². The molecule has 0 saturated heterocycles. The molecule has 0 radical (unpaired) electrons. The van der Waals surface area contributed by atoms with Gasteiger partial charge in [-0.1, -0.05) is 6.92 Å². The third-order valence-corrected chi connectivity index (χ3v) is 4.68. The molecule has 2 aromatic rings. The Morgan fingerprint density at radius 2 is 1.82 bits per heavy atom. The van der Waals surface area contributed by atoms with Crippen molar-refractivity contribution in [2.45, 2.75) is 19.8 Å². The Kier molecular flexibility index (Phi) is 3.84. The van der Waals surface area contributed by atoms with Crippen molar-refractivity contribution >= 4 is 22.7 Å². The molecule has 0 saturated carbocycles. The van der Waals surface area contributed by atoms with Gasteiger partial charge >= 0.3 is 0 Å². The van der Waals surface area contributed by atoms with Gasteiger partial charge in [0.1, 0.15) is 0 Å². The molecule has 0 spiro atoms. The first kappa shape index (κ1) is 14.6. The van der Waals surface area contributed by atoms with Crippen LogP contribution < -0.4 is 22.1 Å². The number of nitrogens with one attached hydrogen (secondary N) is 2. The third kappa shape index (κ3) is 2.96. The molecular weight excluding hydrogens is 272 g/mol. The predicted molar refractivity (Wildman–Crippen MR) is 95.1 cm³/mol. The van der Waals surface area contributed by atoms with Crippen LogP contribution in [-0.2, 0) is 6.42 Å². The number of rotatable bonds is 4. The van der Waals surface area contributed by atoms with Gasteiger partial charge in [0.05, 0.1) is 0 Å². The zero-order valence-electron chi connectivity index (χ0n) is 13.0. The fourth-order valence-electron chi connectivity index (χ4n) is 3.07. The minimum atomic E-state index is 0.197. The molecule has 1 aliphatic rings. The normalized spacial score (nSPS) is 20.0. The largest absolute Gasteiger partial charge is 0.399 e. The molecule has 4 nitrogen and oxygen atoms in total. The predicted octanol–water partition coefficient (Wildman–Crippen LogP) is 3.33. The molecule has 2 aromatic carbocycles. The average Bonchev–Trinajstić information content (AvgIpc) is 2.54. The van der Waals surface area contributed by atoms with Gasteiger partial charge in [0.15, 0.2) is 0 Å². The monoisotopic (exact) mass is 296 g/mol. The summed E-state index contributed by atoms with van der Waals surface area (Å²) in [6.07, 6.45) is 2.15. The molecular formula is C18H24N4. The van der Waals surface area contributed by atoms with Crippen LogP contribution in [0.4, 0.5) is 22.7 Å². The highest BCUT2D eigenvalue weighted by molar-refractivity contribution is 5.60. The third-order valence-electron chi connectivity index (χ3n) is 4.68. The van der Waals surface area contributed by atoms with Crippen LogP contribution in [-0.4, -0.2) is 13.1 Å². The summed E-state index contributed by atoms with van der Waals surface area (Å²) in [6, 6.07) is 14.0. The van der Waals surface area contributed by atoms with Crippen LogP contribution in [0.25, 0.3) is 0 Å². The van der Waals surface area contributed by atoms with Gasteiger partial charge in [-0.05, 0) is 60.9 Å². The van der Waals surface area contributed by atoms with Crippen LogP contribution in [0.5, 0.6) is 0 Å². The van der Waals surface area contributed by atoms with Gasteiger partial charge < -0.3 is 22.1 Å². The Morgan fingerprint density at radius 3 is 2.55 bits per heavy atom. The molecule has 3 rings (SSSR count). The van der Waals surface area contributed by atoms with E-state index in [0.29, 0.717) is 0 Å². The van der Waals surface area contributed by atoms with Gasteiger partial charge in [-0.2, -0.15) is 0 Å². The molecule has 1 atom stereocenters. The SMILES string of the molecule is CCC1(CNc2ccc(N)cc2)CNc2ccc(N)cc2C1. The standard InChI is InChI=1S/C18H24N4/c1-2-18(11-21-16-6-3-14(19)4-7-16)10-13-9-15(20)5-8-17(13)22-12-18/h3-9,21-22H,2,10-12,19-20H2,1H3. The molecule has 1 heterocycles. The Morgan fingerprint density at radius 1 is 1.09 bits per heavy atom. The quantitative estimate of drug-likeness (QED) is 0.653. The number of nitrogens with two attached hydrogens (primary N) is 2. The van der Waals surface area contributed by atoms with E-state index in [0.717, 1.165) is 43.0 Å². The second kappa shape index (κ2) is 5.79. The lowest BCUT2D eigenvalue weighted by atomic mass is 9.76. The van der Waals surface area contributed by atoms with Crippen LogP contribution in [0.3, 0.4) is 0 Å². The van der Waals surface area contributed by atoms with Crippen molar-refractivity contribution in [2.24, 2.45) is 5.41 Å². The second-order valence-electron chi connectivity index (χ2n) is 6.28. The van der Waals surface area contributed by atoms with E-state index in [4.69, 9.17) is 11.5 Å². The molecule has 6 N–H and O–H groups in total. The lowest BCUT2D eigenvalue weighted by Crippen LogP contribution is -2.41. The summed E-state index contributed by atoms with van der Waals surface area (Å²) in [4.78, 5) is 0. The van der Waals surface area contributed by atoms with Crippen molar-refractivity contribution in [3.8, 4) is 0 Å². The highest BCUT2D eigenvalue weighted by Gasteiger charge is 2.32. The molecule has 0 fully saturated rings. The molecule has 0 aliphatic carbocycles. The van der Waals surface area contributed by atoms with Crippen LogP contribution in [0.15, 0.2) is 42.5 Å². The van der Waals surface area contributed by atoms with Crippen molar-refractivity contribution in [2.75, 3.05) is 35.2 Å². The van der Waals surface area contributed by atoms with Crippen molar-refractivity contribution in [1.29, 1.82) is 0 Å². The van der Waals surface area contributed by atoms with E-state index in [1.807, 2.05) is 30.3 Å². The maximum absolute atomic E-state index is 5.94. The van der Waals surface area contributed by atoms with Crippen molar-refractivity contribution in [1.82, 2.24) is 0 Å². The summed E-state index contributed by atoms with van der Waals surface area (Å²) in [5.74, 6) is 0. The first-order chi connectivity index (χ1) is 10.6. The number of benzene rings is 2. The average molecular weight is 296 g/mol. The number of anilines is 4. The summed E-state index contributed by atoms with van der Waals surface area (Å²) in [5, 5.41) is 7.11. The van der Waals surface area contributed by atoms with Gasteiger partial charge in [-0.15, -0.1) is 0 Å². The molecule has 0 amide bonds. The maximum atomic E-state index is 5.94. The van der Waals surface area contributed by atoms with Gasteiger partial charge in [0.25, 0.3) is 0 Å². The smallest absolute Gasteiger partial charge is 0.0374 e.